The molecule has 0 saturated carbocycles. The van der Waals surface area contributed by atoms with Crippen LogP contribution in [0.2, 0.25) is 0 Å². The van der Waals surface area contributed by atoms with Crippen molar-refractivity contribution in [3.63, 3.8) is 0 Å². The number of carboxylic acid groups (broad SMARTS) is 1. The number of carbonyl (C=O) groups excluding carboxylic acids is 4. The van der Waals surface area contributed by atoms with Gasteiger partial charge in [0.2, 0.25) is 23.6 Å². The van der Waals surface area contributed by atoms with Gasteiger partial charge in [-0.2, -0.15) is 0 Å². The molecule has 0 aromatic rings. The van der Waals surface area contributed by atoms with Crippen molar-refractivity contribution >= 4 is 35.6 Å². The molecule has 4 amide bonds. The first-order valence-electron chi connectivity index (χ1n) is 8.63. The molecule has 0 saturated heterocycles. The van der Waals surface area contributed by atoms with E-state index in [9.17, 15) is 24.0 Å². The number of nitrogens with zero attached hydrogens (tertiary/aromatic N) is 1. The molecular formula is C15H28N8O6. The Kier molecular flexibility index (Phi) is 11.4. The van der Waals surface area contributed by atoms with Gasteiger partial charge in [-0.15, -0.1) is 0 Å². The first-order chi connectivity index (χ1) is 13.4. The van der Waals surface area contributed by atoms with Crippen molar-refractivity contribution in [3.8, 4) is 0 Å². The highest BCUT2D eigenvalue weighted by Crippen LogP contribution is 1.96. The molecule has 0 radical (unpaired) electrons. The van der Waals surface area contributed by atoms with Gasteiger partial charge in [0.1, 0.15) is 12.1 Å². The lowest BCUT2D eigenvalue weighted by molar-refractivity contribution is -0.141. The number of amides is 4. The maximum atomic E-state index is 12.0. The van der Waals surface area contributed by atoms with Gasteiger partial charge in [-0.1, -0.05) is 0 Å². The number of hydrogen-bond acceptors (Lipinski definition) is 7. The molecule has 29 heavy (non-hydrogen) atoms. The fourth-order valence-electron chi connectivity index (χ4n) is 1.98. The number of guanidine groups is 1. The van der Waals surface area contributed by atoms with Gasteiger partial charge in [-0.3, -0.25) is 29.0 Å². The van der Waals surface area contributed by atoms with Crippen LogP contribution in [-0.2, 0) is 24.0 Å². The molecule has 0 bridgehead atoms. The van der Waals surface area contributed by atoms with Gasteiger partial charge in [0.25, 0.3) is 0 Å². The van der Waals surface area contributed by atoms with Crippen molar-refractivity contribution in [1.29, 1.82) is 0 Å². The number of aliphatic carboxylic acids is 1. The summed E-state index contributed by atoms with van der Waals surface area (Å²) in [5, 5.41) is 15.4. The third kappa shape index (κ3) is 11.8. The number of carbonyl (C=O) groups is 5. The summed E-state index contributed by atoms with van der Waals surface area (Å²) < 4.78 is 0. The molecule has 0 rings (SSSR count). The number of rotatable bonds is 13. The molecule has 0 aliphatic rings. The lowest BCUT2D eigenvalue weighted by Crippen LogP contribution is -2.54. The largest absolute Gasteiger partial charge is 0.480 e. The second-order valence-electron chi connectivity index (χ2n) is 6.13. The van der Waals surface area contributed by atoms with Crippen LogP contribution in [0.5, 0.6) is 0 Å². The molecule has 14 heteroatoms. The first-order valence-corrected chi connectivity index (χ1v) is 8.63. The Morgan fingerprint density at radius 3 is 2.17 bits per heavy atom. The lowest BCUT2D eigenvalue weighted by atomic mass is 10.1. The molecule has 0 aromatic carbocycles. The summed E-state index contributed by atoms with van der Waals surface area (Å²) in [7, 11) is 0. The Morgan fingerprint density at radius 2 is 1.66 bits per heavy atom. The third-order valence-corrected chi connectivity index (χ3v) is 3.51. The Bertz CT molecular complexity index is 649. The number of nitrogens with two attached hydrogens (primary N) is 4. The summed E-state index contributed by atoms with van der Waals surface area (Å²) in [5.74, 6) is -4.58. The highest BCUT2D eigenvalue weighted by atomic mass is 16.4. The second kappa shape index (κ2) is 12.9. The van der Waals surface area contributed by atoms with Crippen LogP contribution in [0.4, 0.5) is 0 Å². The van der Waals surface area contributed by atoms with E-state index in [-0.39, 0.29) is 12.4 Å². The molecule has 3 atom stereocenters. The molecule has 0 fully saturated rings. The van der Waals surface area contributed by atoms with Crippen LogP contribution in [0.1, 0.15) is 26.2 Å². The highest BCUT2D eigenvalue weighted by Gasteiger charge is 2.26. The summed E-state index contributed by atoms with van der Waals surface area (Å²) in [6, 6.07) is -3.54. The molecule has 3 unspecified atom stereocenters. The van der Waals surface area contributed by atoms with Crippen LogP contribution >= 0.6 is 0 Å². The van der Waals surface area contributed by atoms with E-state index >= 15 is 0 Å². The standard InChI is InChI=1S/C15H28N8O6/c1-7(14(28)29)22-13(27)9(5-10(17)24)23-11(25)6-21-12(26)8(16)3-2-4-20-15(18)19/h7-9H,2-6,16H2,1H3,(H2,17,24)(H,21,26)(H,22,27)(H,23,25)(H,28,29)(H4,18,19,20). The van der Waals surface area contributed by atoms with Gasteiger partial charge in [-0.05, 0) is 19.8 Å². The van der Waals surface area contributed by atoms with E-state index in [1.54, 1.807) is 0 Å². The zero-order valence-electron chi connectivity index (χ0n) is 16.0. The first kappa shape index (κ1) is 25.6. The predicted octanol–water partition coefficient (Wildman–Crippen LogP) is -4.57. The molecule has 0 spiro atoms. The fraction of sp³-hybridized carbons (Fsp3) is 0.600. The van der Waals surface area contributed by atoms with E-state index in [2.05, 4.69) is 20.9 Å². The molecule has 0 heterocycles. The highest BCUT2D eigenvalue weighted by molar-refractivity contribution is 5.94. The molecule has 0 aromatic heterocycles. The zero-order valence-corrected chi connectivity index (χ0v) is 16.0. The summed E-state index contributed by atoms with van der Waals surface area (Å²) in [6.07, 6.45) is 0.160. The Morgan fingerprint density at radius 1 is 1.03 bits per heavy atom. The van der Waals surface area contributed by atoms with Crippen LogP contribution in [-0.4, -0.2) is 71.9 Å². The third-order valence-electron chi connectivity index (χ3n) is 3.51. The van der Waals surface area contributed by atoms with Crippen molar-refractivity contribution in [2.75, 3.05) is 13.1 Å². The Balaban J connectivity index is 4.57. The number of primary amides is 1. The maximum Gasteiger partial charge on any atom is 0.325 e. The molecule has 14 nitrogen and oxygen atoms in total. The van der Waals surface area contributed by atoms with Gasteiger partial charge in [0.05, 0.1) is 19.0 Å². The van der Waals surface area contributed by atoms with E-state index in [0.717, 1.165) is 0 Å². The van der Waals surface area contributed by atoms with Gasteiger partial charge in [0.15, 0.2) is 5.96 Å². The van der Waals surface area contributed by atoms with Crippen molar-refractivity contribution in [2.24, 2.45) is 27.9 Å². The fourth-order valence-corrected chi connectivity index (χ4v) is 1.98. The van der Waals surface area contributed by atoms with Crippen molar-refractivity contribution < 1.29 is 29.1 Å². The number of aliphatic imine (C=N–C) groups is 1. The number of hydrogen-bond donors (Lipinski definition) is 8. The SMILES string of the molecule is CC(NC(=O)C(CC(N)=O)NC(=O)CNC(=O)C(N)CCCN=C(N)N)C(=O)O. The quantitative estimate of drug-likeness (QED) is 0.0814. The topological polar surface area (TPSA) is 258 Å². The van der Waals surface area contributed by atoms with Gasteiger partial charge < -0.3 is 44.0 Å². The minimum atomic E-state index is -1.40. The van der Waals surface area contributed by atoms with E-state index in [0.29, 0.717) is 13.0 Å². The van der Waals surface area contributed by atoms with Gasteiger partial charge >= 0.3 is 5.97 Å². The van der Waals surface area contributed by atoms with Crippen molar-refractivity contribution in [2.45, 2.75) is 44.3 Å². The number of carboxylic acids is 1. The molecule has 0 aliphatic carbocycles. The summed E-state index contributed by atoms with van der Waals surface area (Å²) in [6.45, 7) is 0.984. The summed E-state index contributed by atoms with van der Waals surface area (Å²) in [5.41, 5.74) is 21.1. The molecule has 0 aliphatic heterocycles. The Labute approximate surface area is 166 Å². The Hall–Kier alpha value is -3.42. The zero-order chi connectivity index (χ0) is 22.6. The van der Waals surface area contributed by atoms with Crippen molar-refractivity contribution in [3.05, 3.63) is 0 Å². The maximum absolute atomic E-state index is 12.0. The van der Waals surface area contributed by atoms with E-state index in [4.69, 9.17) is 28.0 Å². The minimum absolute atomic E-state index is 0.0769. The lowest BCUT2D eigenvalue weighted by Gasteiger charge is -2.19. The normalized spacial score (nSPS) is 13.3. The molecule has 164 valence electrons. The molecular weight excluding hydrogens is 388 g/mol. The van der Waals surface area contributed by atoms with Crippen molar-refractivity contribution in [1.82, 2.24) is 16.0 Å². The van der Waals surface area contributed by atoms with Crippen LogP contribution in [0.15, 0.2) is 4.99 Å². The van der Waals surface area contributed by atoms with Crippen LogP contribution in [0.25, 0.3) is 0 Å². The smallest absolute Gasteiger partial charge is 0.325 e. The van der Waals surface area contributed by atoms with Crippen LogP contribution in [0, 0.1) is 0 Å². The minimum Gasteiger partial charge on any atom is -0.480 e. The summed E-state index contributed by atoms with van der Waals surface area (Å²) >= 11 is 0. The van der Waals surface area contributed by atoms with Crippen LogP contribution < -0.4 is 38.9 Å². The number of nitrogens with one attached hydrogen (secondary N) is 3. The van der Waals surface area contributed by atoms with E-state index < -0.39 is 60.7 Å². The van der Waals surface area contributed by atoms with Gasteiger partial charge in [-0.25, -0.2) is 0 Å². The van der Waals surface area contributed by atoms with E-state index in [1.165, 1.54) is 6.92 Å². The molecule has 12 N–H and O–H groups in total. The average molecular weight is 416 g/mol. The summed E-state index contributed by atoms with van der Waals surface area (Å²) in [4.78, 5) is 61.5. The average Bonchev–Trinajstić information content (AvgIpc) is 2.61. The van der Waals surface area contributed by atoms with Gasteiger partial charge in [0, 0.05) is 6.54 Å². The van der Waals surface area contributed by atoms with Crippen LogP contribution in [0.3, 0.4) is 0 Å². The second-order valence-corrected chi connectivity index (χ2v) is 6.13. The predicted molar refractivity (Wildman–Crippen MR) is 102 cm³/mol. The monoisotopic (exact) mass is 416 g/mol. The van der Waals surface area contributed by atoms with E-state index in [1.807, 2.05) is 0 Å².